The molecule has 1 atom stereocenters. The van der Waals surface area contributed by atoms with Gasteiger partial charge in [-0.3, -0.25) is 4.79 Å². The molecule has 1 aliphatic rings. The first kappa shape index (κ1) is 19.1. The van der Waals surface area contributed by atoms with Crippen LogP contribution >= 0.6 is 11.3 Å². The van der Waals surface area contributed by atoms with Gasteiger partial charge in [-0.05, 0) is 55.7 Å². The fraction of sp³-hybridized carbons (Fsp3) is 0.500. The van der Waals surface area contributed by atoms with Crippen molar-refractivity contribution in [1.29, 1.82) is 0 Å². The highest BCUT2D eigenvalue weighted by Gasteiger charge is 2.32. The van der Waals surface area contributed by atoms with E-state index in [1.807, 2.05) is 22.1 Å². The molecule has 4 heterocycles. The van der Waals surface area contributed by atoms with Gasteiger partial charge in [0.1, 0.15) is 0 Å². The lowest BCUT2D eigenvalue weighted by Gasteiger charge is -2.35. The van der Waals surface area contributed by atoms with Crippen molar-refractivity contribution >= 4 is 28.3 Å². The molecule has 6 heteroatoms. The number of carbonyl (C=O) groups excluding carboxylic acids is 1. The van der Waals surface area contributed by atoms with E-state index in [1.165, 1.54) is 10.4 Å². The minimum absolute atomic E-state index is 0.0984. The predicted octanol–water partition coefficient (Wildman–Crippen LogP) is 5.35. The van der Waals surface area contributed by atoms with E-state index in [1.54, 1.807) is 6.20 Å². The van der Waals surface area contributed by atoms with E-state index >= 15 is 0 Å². The minimum Gasteiger partial charge on any atom is -0.331 e. The second-order valence-corrected chi connectivity index (χ2v) is 9.14. The highest BCUT2D eigenvalue weighted by atomic mass is 32.1. The van der Waals surface area contributed by atoms with Gasteiger partial charge in [0.25, 0.3) is 5.91 Å². The maximum Gasteiger partial charge on any atom is 0.255 e. The quantitative estimate of drug-likeness (QED) is 0.597. The minimum atomic E-state index is 0.0984. The summed E-state index contributed by atoms with van der Waals surface area (Å²) in [6, 6.07) is 4.51. The van der Waals surface area contributed by atoms with E-state index in [2.05, 4.69) is 56.1 Å². The molecule has 0 saturated carbocycles. The molecule has 0 N–H and O–H groups in total. The standard InChI is InChI=1S/C22H28N4OS/c1-6-19-15-8-10-28-20(15)7-9-25(19)22(27)16-11-18(13(2)3)24-21-17(16)12-23-26(21)14(4)5/h8,10-14,19H,6-7,9H2,1-5H3. The number of aromatic nitrogens is 3. The SMILES string of the molecule is CCC1c2ccsc2CCN1C(=O)c1cc(C(C)C)nc2c1cnn2C(C)C. The molecule has 28 heavy (non-hydrogen) atoms. The zero-order valence-corrected chi connectivity index (χ0v) is 18.1. The van der Waals surface area contributed by atoms with Crippen LogP contribution in [0.2, 0.25) is 0 Å². The zero-order chi connectivity index (χ0) is 20.0. The lowest BCUT2D eigenvalue weighted by atomic mass is 9.96. The summed E-state index contributed by atoms with van der Waals surface area (Å²) >= 11 is 1.81. The van der Waals surface area contributed by atoms with Gasteiger partial charge in [-0.2, -0.15) is 5.10 Å². The molecule has 0 spiro atoms. The molecule has 0 bridgehead atoms. The Balaban J connectivity index is 1.83. The van der Waals surface area contributed by atoms with Crippen molar-refractivity contribution in [2.45, 2.75) is 65.5 Å². The van der Waals surface area contributed by atoms with Gasteiger partial charge in [-0.15, -0.1) is 11.3 Å². The third kappa shape index (κ3) is 3.04. The Morgan fingerprint density at radius 3 is 2.79 bits per heavy atom. The van der Waals surface area contributed by atoms with Crippen LogP contribution in [0, 0.1) is 0 Å². The maximum absolute atomic E-state index is 13.7. The number of hydrogen-bond donors (Lipinski definition) is 0. The molecular formula is C22H28N4OS. The molecule has 0 aromatic carbocycles. The molecule has 1 aliphatic heterocycles. The summed E-state index contributed by atoms with van der Waals surface area (Å²) in [5.74, 6) is 0.347. The van der Waals surface area contributed by atoms with E-state index in [0.29, 0.717) is 0 Å². The van der Waals surface area contributed by atoms with E-state index in [4.69, 9.17) is 4.98 Å². The Hall–Kier alpha value is -2.21. The van der Waals surface area contributed by atoms with Gasteiger partial charge in [0, 0.05) is 23.2 Å². The fourth-order valence-corrected chi connectivity index (χ4v) is 5.05. The van der Waals surface area contributed by atoms with E-state index in [9.17, 15) is 4.79 Å². The van der Waals surface area contributed by atoms with Gasteiger partial charge < -0.3 is 4.90 Å². The van der Waals surface area contributed by atoms with Gasteiger partial charge in [0.2, 0.25) is 0 Å². The molecule has 1 unspecified atom stereocenters. The van der Waals surface area contributed by atoms with Crippen molar-refractivity contribution in [3.05, 3.63) is 45.4 Å². The van der Waals surface area contributed by atoms with Crippen molar-refractivity contribution in [3.63, 3.8) is 0 Å². The summed E-state index contributed by atoms with van der Waals surface area (Å²) in [6.07, 6.45) is 3.67. The molecule has 0 aliphatic carbocycles. The Bertz CT molecular complexity index is 1020. The first-order valence-electron chi connectivity index (χ1n) is 10.2. The van der Waals surface area contributed by atoms with Crippen LogP contribution in [0.3, 0.4) is 0 Å². The molecule has 0 radical (unpaired) electrons. The average molecular weight is 397 g/mol. The number of nitrogens with zero attached hydrogens (tertiary/aromatic N) is 4. The van der Waals surface area contributed by atoms with E-state index in [0.717, 1.165) is 41.7 Å². The van der Waals surface area contributed by atoms with E-state index < -0.39 is 0 Å². The van der Waals surface area contributed by atoms with Crippen LogP contribution in [-0.4, -0.2) is 32.1 Å². The normalized spacial score (nSPS) is 17.0. The molecule has 4 rings (SSSR count). The van der Waals surface area contributed by atoms with Crippen LogP contribution in [0.1, 0.15) is 85.5 Å². The molecule has 148 valence electrons. The van der Waals surface area contributed by atoms with Crippen LogP contribution in [0.25, 0.3) is 11.0 Å². The number of pyridine rings is 1. The van der Waals surface area contributed by atoms with Gasteiger partial charge in [-0.1, -0.05) is 20.8 Å². The second kappa shape index (κ2) is 7.32. The van der Waals surface area contributed by atoms with Crippen molar-refractivity contribution in [1.82, 2.24) is 19.7 Å². The Labute approximate surface area is 170 Å². The van der Waals surface area contributed by atoms with Crippen LogP contribution < -0.4 is 0 Å². The molecule has 5 nitrogen and oxygen atoms in total. The monoisotopic (exact) mass is 396 g/mol. The Kier molecular flexibility index (Phi) is 5.00. The second-order valence-electron chi connectivity index (χ2n) is 8.14. The lowest BCUT2D eigenvalue weighted by molar-refractivity contribution is 0.0659. The fourth-order valence-electron chi connectivity index (χ4n) is 4.12. The van der Waals surface area contributed by atoms with Gasteiger partial charge >= 0.3 is 0 Å². The Morgan fingerprint density at radius 1 is 1.32 bits per heavy atom. The Morgan fingerprint density at radius 2 is 2.11 bits per heavy atom. The third-order valence-corrected chi connectivity index (χ3v) is 6.64. The number of thiophene rings is 1. The molecule has 0 fully saturated rings. The van der Waals surface area contributed by atoms with Gasteiger partial charge in [0.15, 0.2) is 5.65 Å². The average Bonchev–Trinajstić information content (AvgIpc) is 3.32. The van der Waals surface area contributed by atoms with Gasteiger partial charge in [0.05, 0.1) is 23.2 Å². The number of rotatable bonds is 4. The first-order chi connectivity index (χ1) is 13.4. The summed E-state index contributed by atoms with van der Waals surface area (Å²) < 4.78 is 1.92. The molecular weight excluding hydrogens is 368 g/mol. The molecule has 3 aromatic rings. The molecule has 1 amide bonds. The van der Waals surface area contributed by atoms with Crippen molar-refractivity contribution < 1.29 is 4.79 Å². The van der Waals surface area contributed by atoms with Crippen molar-refractivity contribution in [2.75, 3.05) is 6.54 Å². The topological polar surface area (TPSA) is 51.0 Å². The van der Waals surface area contributed by atoms with Gasteiger partial charge in [-0.25, -0.2) is 9.67 Å². The largest absolute Gasteiger partial charge is 0.331 e. The predicted molar refractivity (Wildman–Crippen MR) is 114 cm³/mol. The molecule has 3 aromatic heterocycles. The number of hydrogen-bond acceptors (Lipinski definition) is 4. The summed E-state index contributed by atoms with van der Waals surface area (Å²) in [4.78, 5) is 22.1. The van der Waals surface area contributed by atoms with Crippen molar-refractivity contribution in [3.8, 4) is 0 Å². The summed E-state index contributed by atoms with van der Waals surface area (Å²) in [5, 5.41) is 7.54. The third-order valence-electron chi connectivity index (χ3n) is 5.64. The lowest BCUT2D eigenvalue weighted by Crippen LogP contribution is -2.39. The summed E-state index contributed by atoms with van der Waals surface area (Å²) in [6.45, 7) is 11.3. The highest BCUT2D eigenvalue weighted by molar-refractivity contribution is 7.10. The number of carbonyl (C=O) groups is 1. The zero-order valence-electron chi connectivity index (χ0n) is 17.3. The number of amides is 1. The highest BCUT2D eigenvalue weighted by Crippen LogP contribution is 2.37. The summed E-state index contributed by atoms with van der Waals surface area (Å²) in [5.41, 5.74) is 3.81. The van der Waals surface area contributed by atoms with Crippen LogP contribution in [-0.2, 0) is 6.42 Å². The van der Waals surface area contributed by atoms with E-state index in [-0.39, 0.29) is 23.9 Å². The number of fused-ring (bicyclic) bond motifs is 2. The van der Waals surface area contributed by atoms with Crippen LogP contribution in [0.5, 0.6) is 0 Å². The maximum atomic E-state index is 13.7. The first-order valence-corrected chi connectivity index (χ1v) is 11.1. The van der Waals surface area contributed by atoms with Crippen LogP contribution in [0.4, 0.5) is 0 Å². The van der Waals surface area contributed by atoms with Crippen LogP contribution in [0.15, 0.2) is 23.7 Å². The smallest absolute Gasteiger partial charge is 0.255 e. The summed E-state index contributed by atoms with van der Waals surface area (Å²) in [7, 11) is 0. The molecule has 0 saturated heterocycles. The van der Waals surface area contributed by atoms with Crippen molar-refractivity contribution in [2.24, 2.45) is 0 Å².